The molecular weight excluding hydrogens is 226 g/mol. The summed E-state index contributed by atoms with van der Waals surface area (Å²) >= 11 is 0. The smallest absolute Gasteiger partial charge is 0.0614 e. The van der Waals surface area contributed by atoms with Gasteiger partial charge in [-0.3, -0.25) is 0 Å². The fourth-order valence-corrected chi connectivity index (χ4v) is 2.85. The Morgan fingerprint density at radius 1 is 1.39 bits per heavy atom. The monoisotopic (exact) mass is 257 g/mol. The first-order valence-corrected chi connectivity index (χ1v) is 7.63. The van der Waals surface area contributed by atoms with Crippen LogP contribution in [0.1, 0.15) is 59.3 Å². The molecule has 1 saturated carbocycles. The third-order valence-electron chi connectivity index (χ3n) is 4.01. The molecule has 18 heavy (non-hydrogen) atoms. The molecule has 3 unspecified atom stereocenters. The van der Waals surface area contributed by atoms with Crippen LogP contribution in [-0.4, -0.2) is 36.5 Å². The van der Waals surface area contributed by atoms with E-state index in [0.29, 0.717) is 12.0 Å². The van der Waals surface area contributed by atoms with Crippen LogP contribution in [0.15, 0.2) is 0 Å². The zero-order valence-electron chi connectivity index (χ0n) is 12.4. The lowest BCUT2D eigenvalue weighted by Gasteiger charge is -2.28. The average molecular weight is 257 g/mol. The van der Waals surface area contributed by atoms with Crippen LogP contribution >= 0.6 is 0 Å². The SMILES string of the molecule is CCCNC1(CO)CCC(OCC(C)CCC)C1. The molecule has 108 valence electrons. The van der Waals surface area contributed by atoms with Crippen molar-refractivity contribution in [2.24, 2.45) is 5.92 Å². The van der Waals surface area contributed by atoms with Gasteiger partial charge in [0, 0.05) is 12.1 Å². The second kappa shape index (κ2) is 8.13. The molecule has 3 heteroatoms. The molecule has 1 rings (SSSR count). The predicted molar refractivity (Wildman–Crippen MR) is 75.8 cm³/mol. The molecule has 0 spiro atoms. The van der Waals surface area contributed by atoms with Crippen LogP contribution in [0.4, 0.5) is 0 Å². The lowest BCUT2D eigenvalue weighted by atomic mass is 9.98. The second-order valence-corrected chi connectivity index (χ2v) is 5.96. The molecule has 0 aliphatic heterocycles. The highest BCUT2D eigenvalue weighted by Crippen LogP contribution is 2.32. The summed E-state index contributed by atoms with van der Waals surface area (Å²) in [6, 6.07) is 0. The summed E-state index contributed by atoms with van der Waals surface area (Å²) in [5, 5.41) is 13.1. The Hall–Kier alpha value is -0.120. The van der Waals surface area contributed by atoms with Crippen molar-refractivity contribution in [2.75, 3.05) is 19.8 Å². The van der Waals surface area contributed by atoms with Gasteiger partial charge in [-0.25, -0.2) is 0 Å². The van der Waals surface area contributed by atoms with Crippen molar-refractivity contribution in [1.29, 1.82) is 0 Å². The first-order valence-electron chi connectivity index (χ1n) is 7.63. The Balaban J connectivity index is 2.30. The fraction of sp³-hybridized carbons (Fsp3) is 1.00. The van der Waals surface area contributed by atoms with Gasteiger partial charge in [0.1, 0.15) is 0 Å². The molecule has 0 aromatic rings. The van der Waals surface area contributed by atoms with Gasteiger partial charge in [-0.05, 0) is 44.6 Å². The molecule has 0 heterocycles. The van der Waals surface area contributed by atoms with Crippen molar-refractivity contribution >= 4 is 0 Å². The molecule has 0 radical (unpaired) electrons. The second-order valence-electron chi connectivity index (χ2n) is 5.96. The summed E-state index contributed by atoms with van der Waals surface area (Å²) in [5.74, 6) is 0.655. The molecule has 1 aliphatic rings. The maximum Gasteiger partial charge on any atom is 0.0614 e. The van der Waals surface area contributed by atoms with Crippen LogP contribution < -0.4 is 5.32 Å². The van der Waals surface area contributed by atoms with Gasteiger partial charge in [0.05, 0.1) is 12.7 Å². The van der Waals surface area contributed by atoms with E-state index >= 15 is 0 Å². The minimum atomic E-state index is -0.0747. The van der Waals surface area contributed by atoms with E-state index in [0.717, 1.165) is 38.8 Å². The van der Waals surface area contributed by atoms with E-state index in [1.807, 2.05) is 0 Å². The van der Waals surface area contributed by atoms with Crippen LogP contribution in [0, 0.1) is 5.92 Å². The van der Waals surface area contributed by atoms with Gasteiger partial charge in [-0.2, -0.15) is 0 Å². The van der Waals surface area contributed by atoms with Gasteiger partial charge in [0.15, 0.2) is 0 Å². The van der Waals surface area contributed by atoms with Crippen LogP contribution in [0.5, 0.6) is 0 Å². The molecule has 3 nitrogen and oxygen atoms in total. The van der Waals surface area contributed by atoms with Gasteiger partial charge in [-0.15, -0.1) is 0 Å². The maximum absolute atomic E-state index is 9.60. The summed E-state index contributed by atoms with van der Waals surface area (Å²) < 4.78 is 6.00. The van der Waals surface area contributed by atoms with E-state index in [2.05, 4.69) is 26.1 Å². The Morgan fingerprint density at radius 3 is 2.78 bits per heavy atom. The number of hydrogen-bond donors (Lipinski definition) is 2. The zero-order chi connectivity index (χ0) is 13.4. The van der Waals surface area contributed by atoms with E-state index in [-0.39, 0.29) is 12.1 Å². The minimum Gasteiger partial charge on any atom is -0.394 e. The summed E-state index contributed by atoms with van der Waals surface area (Å²) in [7, 11) is 0. The average Bonchev–Trinajstić information content (AvgIpc) is 2.79. The van der Waals surface area contributed by atoms with Gasteiger partial charge in [-0.1, -0.05) is 27.2 Å². The van der Waals surface area contributed by atoms with Crippen LogP contribution in [-0.2, 0) is 4.74 Å². The number of ether oxygens (including phenoxy) is 1. The highest BCUT2D eigenvalue weighted by Gasteiger charge is 2.38. The molecule has 0 saturated heterocycles. The van der Waals surface area contributed by atoms with Crippen molar-refractivity contribution < 1.29 is 9.84 Å². The normalized spacial score (nSPS) is 29.7. The van der Waals surface area contributed by atoms with E-state index in [1.165, 1.54) is 12.8 Å². The molecule has 0 aromatic carbocycles. The molecule has 0 amide bonds. The van der Waals surface area contributed by atoms with Crippen LogP contribution in [0.25, 0.3) is 0 Å². The predicted octanol–water partition coefficient (Wildman–Crippen LogP) is 2.72. The summed E-state index contributed by atoms with van der Waals surface area (Å²) in [4.78, 5) is 0. The van der Waals surface area contributed by atoms with Gasteiger partial charge >= 0.3 is 0 Å². The summed E-state index contributed by atoms with van der Waals surface area (Å²) in [6.45, 7) is 8.72. The molecule has 0 bridgehead atoms. The van der Waals surface area contributed by atoms with Crippen molar-refractivity contribution in [3.63, 3.8) is 0 Å². The van der Waals surface area contributed by atoms with Crippen molar-refractivity contribution in [3.8, 4) is 0 Å². The third-order valence-corrected chi connectivity index (χ3v) is 4.01. The zero-order valence-corrected chi connectivity index (χ0v) is 12.4. The van der Waals surface area contributed by atoms with E-state index in [1.54, 1.807) is 0 Å². The number of rotatable bonds is 9. The summed E-state index contributed by atoms with van der Waals surface area (Å²) in [6.07, 6.45) is 7.00. The summed E-state index contributed by atoms with van der Waals surface area (Å²) in [5.41, 5.74) is -0.0747. The number of hydrogen-bond acceptors (Lipinski definition) is 3. The van der Waals surface area contributed by atoms with Gasteiger partial charge in [0.2, 0.25) is 0 Å². The van der Waals surface area contributed by atoms with Crippen molar-refractivity contribution in [1.82, 2.24) is 5.32 Å². The largest absolute Gasteiger partial charge is 0.394 e. The molecule has 2 N–H and O–H groups in total. The fourth-order valence-electron chi connectivity index (χ4n) is 2.85. The maximum atomic E-state index is 9.60. The van der Waals surface area contributed by atoms with Crippen molar-refractivity contribution in [3.05, 3.63) is 0 Å². The Labute approximate surface area is 112 Å². The standard InChI is InChI=1S/C15H31NO2/c1-4-6-13(3)11-18-14-7-8-15(10-14,12-17)16-9-5-2/h13-14,16-17H,4-12H2,1-3H3. The lowest BCUT2D eigenvalue weighted by molar-refractivity contribution is 0.0264. The topological polar surface area (TPSA) is 41.5 Å². The number of aliphatic hydroxyl groups is 1. The Kier molecular flexibility index (Phi) is 7.20. The van der Waals surface area contributed by atoms with E-state index in [4.69, 9.17) is 4.74 Å². The molecule has 0 aromatic heterocycles. The van der Waals surface area contributed by atoms with Gasteiger partial charge in [0.25, 0.3) is 0 Å². The van der Waals surface area contributed by atoms with E-state index in [9.17, 15) is 5.11 Å². The number of aliphatic hydroxyl groups excluding tert-OH is 1. The Morgan fingerprint density at radius 2 is 2.17 bits per heavy atom. The molecule has 1 fully saturated rings. The van der Waals surface area contributed by atoms with Crippen LogP contribution in [0.3, 0.4) is 0 Å². The molecule has 1 aliphatic carbocycles. The molecule has 3 atom stereocenters. The minimum absolute atomic E-state index is 0.0747. The first kappa shape index (κ1) is 15.9. The van der Waals surface area contributed by atoms with Crippen molar-refractivity contribution in [2.45, 2.75) is 70.9 Å². The highest BCUT2D eigenvalue weighted by atomic mass is 16.5. The quantitative estimate of drug-likeness (QED) is 0.667. The number of nitrogens with one attached hydrogen (secondary N) is 1. The highest BCUT2D eigenvalue weighted by molar-refractivity contribution is 4.96. The molecular formula is C15H31NO2. The third kappa shape index (κ3) is 4.87. The first-order chi connectivity index (χ1) is 8.65. The lowest BCUT2D eigenvalue weighted by Crippen LogP contribution is -2.47. The Bertz CT molecular complexity index is 223. The van der Waals surface area contributed by atoms with Gasteiger partial charge < -0.3 is 15.2 Å². The van der Waals surface area contributed by atoms with E-state index < -0.39 is 0 Å². The van der Waals surface area contributed by atoms with Crippen LogP contribution in [0.2, 0.25) is 0 Å².